The zero-order valence-electron chi connectivity index (χ0n) is 14.5. The second-order valence-electron chi connectivity index (χ2n) is 6.63. The number of carbonyl (C=O) groups is 1. The van der Waals surface area contributed by atoms with Gasteiger partial charge in [0.2, 0.25) is 5.91 Å². The number of oxazole rings is 1. The van der Waals surface area contributed by atoms with Gasteiger partial charge in [0.05, 0.1) is 5.52 Å². The summed E-state index contributed by atoms with van der Waals surface area (Å²) < 4.78 is 4.98. The van der Waals surface area contributed by atoms with Gasteiger partial charge < -0.3 is 14.6 Å². The predicted molar refractivity (Wildman–Crippen MR) is 102 cm³/mol. The van der Waals surface area contributed by atoms with Crippen molar-refractivity contribution in [3.8, 4) is 0 Å². The molecule has 1 amide bonds. The van der Waals surface area contributed by atoms with Crippen LogP contribution in [0.15, 0.2) is 51.7 Å². The van der Waals surface area contributed by atoms with Crippen molar-refractivity contribution >= 4 is 28.4 Å². The van der Waals surface area contributed by atoms with Crippen LogP contribution in [-0.4, -0.2) is 24.0 Å². The lowest BCUT2D eigenvalue weighted by Crippen LogP contribution is -2.17. The molecular formula is C20H21N3O3. The number of amides is 1. The fourth-order valence-electron chi connectivity index (χ4n) is 3.37. The van der Waals surface area contributed by atoms with E-state index < -0.39 is 5.76 Å². The molecule has 0 saturated carbocycles. The van der Waals surface area contributed by atoms with Gasteiger partial charge in [-0.25, -0.2) is 4.79 Å². The molecule has 1 fully saturated rings. The quantitative estimate of drug-likeness (QED) is 0.739. The van der Waals surface area contributed by atoms with Gasteiger partial charge >= 0.3 is 5.76 Å². The molecule has 6 heteroatoms. The van der Waals surface area contributed by atoms with E-state index >= 15 is 0 Å². The Labute approximate surface area is 150 Å². The van der Waals surface area contributed by atoms with Gasteiger partial charge in [-0.1, -0.05) is 6.07 Å². The number of anilines is 2. The van der Waals surface area contributed by atoms with Gasteiger partial charge in [-0.3, -0.25) is 9.78 Å². The van der Waals surface area contributed by atoms with Crippen LogP contribution in [0.25, 0.3) is 11.1 Å². The third-order valence-corrected chi connectivity index (χ3v) is 4.75. The Bertz CT molecular complexity index is 966. The lowest BCUT2D eigenvalue weighted by Gasteiger charge is -2.17. The van der Waals surface area contributed by atoms with Crippen molar-refractivity contribution < 1.29 is 9.21 Å². The highest BCUT2D eigenvalue weighted by Crippen LogP contribution is 2.22. The van der Waals surface area contributed by atoms with Crippen LogP contribution < -0.4 is 16.0 Å². The number of aryl methyl sites for hydroxylation is 1. The van der Waals surface area contributed by atoms with Crippen molar-refractivity contribution in [2.75, 3.05) is 23.3 Å². The molecule has 6 nitrogen and oxygen atoms in total. The van der Waals surface area contributed by atoms with Crippen LogP contribution in [0, 0.1) is 0 Å². The van der Waals surface area contributed by atoms with E-state index in [0.717, 1.165) is 24.3 Å². The van der Waals surface area contributed by atoms with Crippen molar-refractivity contribution in [1.82, 2.24) is 4.98 Å². The number of nitrogens with zero attached hydrogens (tertiary/aromatic N) is 1. The van der Waals surface area contributed by atoms with E-state index in [9.17, 15) is 9.59 Å². The lowest BCUT2D eigenvalue weighted by atomic mass is 10.1. The molecule has 0 atom stereocenters. The fourth-order valence-corrected chi connectivity index (χ4v) is 3.37. The number of rotatable bonds is 5. The Morgan fingerprint density at radius 1 is 1.12 bits per heavy atom. The number of H-pyrrole nitrogens is 1. The van der Waals surface area contributed by atoms with Gasteiger partial charge in [0.15, 0.2) is 5.58 Å². The van der Waals surface area contributed by atoms with Crippen LogP contribution in [-0.2, 0) is 11.2 Å². The highest BCUT2D eigenvalue weighted by molar-refractivity contribution is 5.91. The number of carbonyl (C=O) groups excluding carboxylic acids is 1. The number of aromatic nitrogens is 1. The van der Waals surface area contributed by atoms with E-state index in [1.807, 2.05) is 24.3 Å². The van der Waals surface area contributed by atoms with Crippen LogP contribution >= 0.6 is 0 Å². The van der Waals surface area contributed by atoms with E-state index in [2.05, 4.69) is 27.3 Å². The molecule has 2 N–H and O–H groups in total. The standard InChI is InChI=1S/C20H21N3O3/c24-19(10-4-14-3-9-18-17(13-14)22-20(25)26-18)21-15-5-7-16(8-6-15)23-11-1-2-12-23/h3,5-9,13H,1-2,4,10-12H2,(H,21,24)(H,22,25). The monoisotopic (exact) mass is 351 g/mol. The van der Waals surface area contributed by atoms with Crippen molar-refractivity contribution in [2.45, 2.75) is 25.7 Å². The van der Waals surface area contributed by atoms with Crippen LogP contribution in [0.3, 0.4) is 0 Å². The van der Waals surface area contributed by atoms with E-state index in [1.165, 1.54) is 18.5 Å². The Balaban J connectivity index is 1.33. The highest BCUT2D eigenvalue weighted by atomic mass is 16.4. The minimum Gasteiger partial charge on any atom is -0.408 e. The summed E-state index contributed by atoms with van der Waals surface area (Å²) >= 11 is 0. The maximum Gasteiger partial charge on any atom is 0.417 e. The normalized spacial score (nSPS) is 14.1. The summed E-state index contributed by atoms with van der Waals surface area (Å²) in [6, 6.07) is 13.5. The van der Waals surface area contributed by atoms with Gasteiger partial charge in [-0.15, -0.1) is 0 Å². The summed E-state index contributed by atoms with van der Waals surface area (Å²) in [5, 5.41) is 2.94. The lowest BCUT2D eigenvalue weighted by molar-refractivity contribution is -0.116. The molecule has 1 aliphatic rings. The van der Waals surface area contributed by atoms with Crippen LogP contribution in [0.2, 0.25) is 0 Å². The largest absolute Gasteiger partial charge is 0.417 e. The Hall–Kier alpha value is -3.02. The summed E-state index contributed by atoms with van der Waals surface area (Å²) in [4.78, 5) is 28.4. The first-order chi connectivity index (χ1) is 12.7. The minimum atomic E-state index is -0.465. The second kappa shape index (κ2) is 7.07. The third kappa shape index (κ3) is 3.64. The average Bonchev–Trinajstić information content (AvgIpc) is 3.29. The summed E-state index contributed by atoms with van der Waals surface area (Å²) in [7, 11) is 0. The van der Waals surface area contributed by atoms with Crippen molar-refractivity contribution in [2.24, 2.45) is 0 Å². The molecule has 0 bridgehead atoms. The summed E-state index contributed by atoms with van der Waals surface area (Å²) in [6.45, 7) is 2.22. The zero-order chi connectivity index (χ0) is 17.9. The molecule has 2 aromatic carbocycles. The topological polar surface area (TPSA) is 78.3 Å². The van der Waals surface area contributed by atoms with Crippen LogP contribution in [0.4, 0.5) is 11.4 Å². The maximum absolute atomic E-state index is 12.2. The number of benzene rings is 2. The molecule has 0 spiro atoms. The molecule has 26 heavy (non-hydrogen) atoms. The second-order valence-corrected chi connectivity index (χ2v) is 6.63. The third-order valence-electron chi connectivity index (χ3n) is 4.75. The zero-order valence-corrected chi connectivity index (χ0v) is 14.5. The van der Waals surface area contributed by atoms with Crippen molar-refractivity contribution in [3.63, 3.8) is 0 Å². The van der Waals surface area contributed by atoms with E-state index in [-0.39, 0.29) is 5.91 Å². The molecule has 1 aromatic heterocycles. The first-order valence-corrected chi connectivity index (χ1v) is 8.94. The Morgan fingerprint density at radius 2 is 1.88 bits per heavy atom. The first-order valence-electron chi connectivity index (χ1n) is 8.94. The summed E-state index contributed by atoms with van der Waals surface area (Å²) in [5.41, 5.74) is 4.19. The number of hydrogen-bond donors (Lipinski definition) is 2. The fraction of sp³-hybridized carbons (Fsp3) is 0.300. The van der Waals surface area contributed by atoms with Crippen LogP contribution in [0.5, 0.6) is 0 Å². The highest BCUT2D eigenvalue weighted by Gasteiger charge is 2.12. The smallest absolute Gasteiger partial charge is 0.408 e. The molecule has 0 unspecified atom stereocenters. The van der Waals surface area contributed by atoms with E-state index in [1.54, 1.807) is 6.07 Å². The SMILES string of the molecule is O=C(CCc1ccc2oc(=O)[nH]c2c1)Nc1ccc(N2CCCC2)cc1. The first kappa shape index (κ1) is 16.4. The van der Waals surface area contributed by atoms with Gasteiger partial charge in [0.25, 0.3) is 0 Å². The van der Waals surface area contributed by atoms with E-state index in [4.69, 9.17) is 4.42 Å². The molecule has 4 rings (SSSR count). The van der Waals surface area contributed by atoms with E-state index in [0.29, 0.717) is 23.9 Å². The molecule has 1 aliphatic heterocycles. The van der Waals surface area contributed by atoms with Crippen molar-refractivity contribution in [3.05, 3.63) is 58.6 Å². The molecule has 1 saturated heterocycles. The number of nitrogens with one attached hydrogen (secondary N) is 2. The number of hydrogen-bond acceptors (Lipinski definition) is 4. The molecule has 134 valence electrons. The average molecular weight is 351 g/mol. The molecular weight excluding hydrogens is 330 g/mol. The summed E-state index contributed by atoms with van der Waals surface area (Å²) in [5.74, 6) is -0.494. The Kier molecular flexibility index (Phi) is 4.48. The van der Waals surface area contributed by atoms with Gasteiger partial charge in [0, 0.05) is 30.9 Å². The minimum absolute atomic E-state index is 0.0280. The van der Waals surface area contributed by atoms with Gasteiger partial charge in [0.1, 0.15) is 0 Å². The van der Waals surface area contributed by atoms with Gasteiger partial charge in [-0.05, 0) is 61.2 Å². The van der Waals surface area contributed by atoms with Crippen LogP contribution in [0.1, 0.15) is 24.8 Å². The predicted octanol–water partition coefficient (Wildman–Crippen LogP) is 3.29. The number of aromatic amines is 1. The van der Waals surface area contributed by atoms with Gasteiger partial charge in [-0.2, -0.15) is 0 Å². The Morgan fingerprint density at radius 3 is 2.65 bits per heavy atom. The molecule has 2 heterocycles. The molecule has 0 aliphatic carbocycles. The molecule has 3 aromatic rings. The van der Waals surface area contributed by atoms with Crippen molar-refractivity contribution in [1.29, 1.82) is 0 Å². The number of fused-ring (bicyclic) bond motifs is 1. The summed E-state index contributed by atoms with van der Waals surface area (Å²) in [6.07, 6.45) is 3.47. The molecule has 0 radical (unpaired) electrons. The maximum atomic E-state index is 12.2.